The molecular formula is C22H21BrClN3O3S2. The molecule has 168 valence electrons. The van der Waals surface area contributed by atoms with Crippen molar-refractivity contribution < 1.29 is 14.3 Å². The highest BCUT2D eigenvalue weighted by Crippen LogP contribution is 2.34. The Bertz CT molecular complexity index is 1170. The van der Waals surface area contributed by atoms with E-state index in [1.807, 2.05) is 24.3 Å². The third-order valence-electron chi connectivity index (χ3n) is 4.40. The smallest absolute Gasteiger partial charge is 0.281 e. The van der Waals surface area contributed by atoms with Crippen LogP contribution in [-0.2, 0) is 0 Å². The van der Waals surface area contributed by atoms with Crippen molar-refractivity contribution in [1.29, 1.82) is 0 Å². The van der Waals surface area contributed by atoms with Crippen LogP contribution in [0.15, 0.2) is 46.9 Å². The minimum atomic E-state index is -0.461. The van der Waals surface area contributed by atoms with E-state index in [0.717, 1.165) is 21.0 Å². The first-order valence-corrected chi connectivity index (χ1v) is 12.2. The third-order valence-corrected chi connectivity index (χ3v) is 6.77. The molecule has 3 aromatic rings. The average molecular weight is 555 g/mol. The van der Waals surface area contributed by atoms with Gasteiger partial charge < -0.3 is 4.74 Å². The lowest BCUT2D eigenvalue weighted by atomic mass is 10.1. The quantitative estimate of drug-likeness (QED) is 0.269. The number of carbonyl (C=O) groups is 2. The number of fused-ring (bicyclic) bond motifs is 1. The highest BCUT2D eigenvalue weighted by molar-refractivity contribution is 9.10. The van der Waals surface area contributed by atoms with Gasteiger partial charge in [0.25, 0.3) is 11.8 Å². The Labute approximate surface area is 208 Å². The number of amides is 2. The molecule has 0 radical (unpaired) electrons. The van der Waals surface area contributed by atoms with Crippen molar-refractivity contribution in [3.05, 3.63) is 62.4 Å². The Kier molecular flexibility index (Phi) is 8.47. The second-order valence-corrected chi connectivity index (χ2v) is 10.0. The summed E-state index contributed by atoms with van der Waals surface area (Å²) in [7, 11) is 0. The number of hydrazine groups is 1. The molecule has 2 aromatic carbocycles. The molecule has 0 bridgehead atoms. The Morgan fingerprint density at radius 3 is 2.62 bits per heavy atom. The monoisotopic (exact) mass is 553 g/mol. The number of thiophene rings is 1. The van der Waals surface area contributed by atoms with E-state index in [9.17, 15) is 9.59 Å². The van der Waals surface area contributed by atoms with Crippen LogP contribution in [0.2, 0.25) is 5.02 Å². The van der Waals surface area contributed by atoms with Crippen LogP contribution in [-0.4, -0.2) is 23.5 Å². The number of carbonyl (C=O) groups excluding carboxylic acids is 2. The molecular weight excluding hydrogens is 534 g/mol. The number of benzene rings is 2. The van der Waals surface area contributed by atoms with Gasteiger partial charge in [0.05, 0.1) is 17.2 Å². The van der Waals surface area contributed by atoms with Gasteiger partial charge in [-0.25, -0.2) is 0 Å². The second-order valence-electron chi connectivity index (χ2n) is 7.28. The predicted molar refractivity (Wildman–Crippen MR) is 137 cm³/mol. The van der Waals surface area contributed by atoms with Gasteiger partial charge in [-0.3, -0.25) is 25.8 Å². The van der Waals surface area contributed by atoms with E-state index in [4.69, 9.17) is 28.6 Å². The largest absolute Gasteiger partial charge is 0.493 e. The molecule has 0 saturated carbocycles. The van der Waals surface area contributed by atoms with Gasteiger partial charge in [0.1, 0.15) is 10.6 Å². The molecule has 10 heteroatoms. The minimum Gasteiger partial charge on any atom is -0.493 e. The molecule has 1 heterocycles. The molecule has 0 atom stereocenters. The van der Waals surface area contributed by atoms with E-state index in [2.05, 4.69) is 45.9 Å². The van der Waals surface area contributed by atoms with Crippen LogP contribution >= 0.6 is 51.1 Å². The van der Waals surface area contributed by atoms with E-state index >= 15 is 0 Å². The number of rotatable bonds is 6. The third kappa shape index (κ3) is 6.19. The summed E-state index contributed by atoms with van der Waals surface area (Å²) in [6, 6.07) is 12.6. The van der Waals surface area contributed by atoms with Crippen molar-refractivity contribution in [3.8, 4) is 5.75 Å². The maximum Gasteiger partial charge on any atom is 0.281 e. The summed E-state index contributed by atoms with van der Waals surface area (Å²) < 4.78 is 7.40. The van der Waals surface area contributed by atoms with Crippen molar-refractivity contribution in [2.75, 3.05) is 6.61 Å². The zero-order valence-electron chi connectivity index (χ0n) is 17.3. The standard InChI is InChI=1S/C22H21BrClN3O3S2/c1-12(2)9-10-30-16-8-7-13(23)11-15(16)20(28)25-22(31)27-26-21(29)19-18(24)14-5-3-4-6-17(14)32-19/h3-8,11-12H,9-10H2,1-2H3,(H,26,29)(H2,25,27,28,31). The summed E-state index contributed by atoms with van der Waals surface area (Å²) in [5.74, 6) is 0.0262. The number of thiocarbonyl (C=S) groups is 1. The molecule has 0 aliphatic rings. The Morgan fingerprint density at radius 1 is 1.16 bits per heavy atom. The Balaban J connectivity index is 1.61. The highest BCUT2D eigenvalue weighted by atomic mass is 79.9. The van der Waals surface area contributed by atoms with Crippen LogP contribution in [0.1, 0.15) is 40.3 Å². The maximum absolute atomic E-state index is 12.7. The molecule has 0 spiro atoms. The fourth-order valence-electron chi connectivity index (χ4n) is 2.74. The summed E-state index contributed by atoms with van der Waals surface area (Å²) in [5, 5.41) is 3.66. The molecule has 0 saturated heterocycles. The average Bonchev–Trinajstić information content (AvgIpc) is 3.09. The highest BCUT2D eigenvalue weighted by Gasteiger charge is 2.18. The van der Waals surface area contributed by atoms with E-state index in [0.29, 0.717) is 33.7 Å². The molecule has 3 rings (SSSR count). The zero-order chi connectivity index (χ0) is 23.3. The molecule has 2 amide bonds. The van der Waals surface area contributed by atoms with Gasteiger partial charge in [-0.1, -0.05) is 59.6 Å². The van der Waals surface area contributed by atoms with E-state index in [-0.39, 0.29) is 5.11 Å². The van der Waals surface area contributed by atoms with Gasteiger partial charge in [-0.05, 0) is 48.8 Å². The SMILES string of the molecule is CC(C)CCOc1ccc(Br)cc1C(=O)NC(=S)NNC(=O)c1sc2ccccc2c1Cl. The molecule has 32 heavy (non-hydrogen) atoms. The van der Waals surface area contributed by atoms with Gasteiger partial charge >= 0.3 is 0 Å². The van der Waals surface area contributed by atoms with Crippen LogP contribution < -0.4 is 20.9 Å². The number of hydrogen-bond donors (Lipinski definition) is 3. The molecule has 3 N–H and O–H groups in total. The number of halogens is 2. The lowest BCUT2D eigenvalue weighted by molar-refractivity contribution is 0.0937. The summed E-state index contributed by atoms with van der Waals surface area (Å²) in [4.78, 5) is 25.6. The lowest BCUT2D eigenvalue weighted by Gasteiger charge is -2.14. The Morgan fingerprint density at radius 2 is 1.91 bits per heavy atom. The van der Waals surface area contributed by atoms with Crippen LogP contribution in [0.25, 0.3) is 10.1 Å². The van der Waals surface area contributed by atoms with Gasteiger partial charge in [-0.2, -0.15) is 0 Å². The topological polar surface area (TPSA) is 79.5 Å². The minimum absolute atomic E-state index is 0.0614. The first kappa shape index (κ1) is 24.4. The molecule has 1 aromatic heterocycles. The first-order valence-electron chi connectivity index (χ1n) is 9.77. The molecule has 0 unspecified atom stereocenters. The fourth-order valence-corrected chi connectivity index (χ4v) is 4.66. The normalized spacial score (nSPS) is 10.8. The maximum atomic E-state index is 12.7. The van der Waals surface area contributed by atoms with Crippen molar-refractivity contribution in [1.82, 2.24) is 16.2 Å². The zero-order valence-corrected chi connectivity index (χ0v) is 21.3. The van der Waals surface area contributed by atoms with Crippen molar-refractivity contribution in [2.45, 2.75) is 20.3 Å². The van der Waals surface area contributed by atoms with Crippen molar-refractivity contribution in [2.24, 2.45) is 5.92 Å². The van der Waals surface area contributed by atoms with Crippen LogP contribution in [0, 0.1) is 5.92 Å². The number of nitrogens with one attached hydrogen (secondary N) is 3. The van der Waals surface area contributed by atoms with Crippen LogP contribution in [0.5, 0.6) is 5.75 Å². The van der Waals surface area contributed by atoms with Crippen LogP contribution in [0.3, 0.4) is 0 Å². The lowest BCUT2D eigenvalue weighted by Crippen LogP contribution is -2.48. The predicted octanol–water partition coefficient (Wildman–Crippen LogP) is 5.69. The molecule has 0 fully saturated rings. The first-order chi connectivity index (χ1) is 15.3. The van der Waals surface area contributed by atoms with Crippen LogP contribution in [0.4, 0.5) is 0 Å². The van der Waals surface area contributed by atoms with Gasteiger partial charge in [0.2, 0.25) is 0 Å². The summed E-state index contributed by atoms with van der Waals surface area (Å²) in [6.07, 6.45) is 0.864. The van der Waals surface area contributed by atoms with E-state index in [1.54, 1.807) is 18.2 Å². The summed E-state index contributed by atoms with van der Waals surface area (Å²) >= 11 is 16.1. The number of hydrogen-bond acceptors (Lipinski definition) is 5. The molecule has 0 aliphatic heterocycles. The molecule has 0 aliphatic carbocycles. The number of ether oxygens (including phenoxy) is 1. The van der Waals surface area contributed by atoms with Crippen molar-refractivity contribution >= 4 is 78.1 Å². The van der Waals surface area contributed by atoms with Gasteiger partial charge in [0, 0.05) is 14.6 Å². The van der Waals surface area contributed by atoms with Gasteiger partial charge in [-0.15, -0.1) is 11.3 Å². The van der Waals surface area contributed by atoms with Gasteiger partial charge in [0.15, 0.2) is 5.11 Å². The fraction of sp³-hybridized carbons (Fsp3) is 0.227. The summed E-state index contributed by atoms with van der Waals surface area (Å²) in [6.45, 7) is 4.69. The van der Waals surface area contributed by atoms with E-state index < -0.39 is 11.8 Å². The van der Waals surface area contributed by atoms with Crippen molar-refractivity contribution in [3.63, 3.8) is 0 Å². The second kappa shape index (κ2) is 11.1. The Hall–Kier alpha value is -2.20. The summed E-state index contributed by atoms with van der Waals surface area (Å²) in [5.41, 5.74) is 5.34. The molecule has 6 nitrogen and oxygen atoms in total. The van der Waals surface area contributed by atoms with E-state index in [1.165, 1.54) is 11.3 Å².